The maximum absolute atomic E-state index is 12.5. The van der Waals surface area contributed by atoms with Crippen molar-refractivity contribution >= 4 is 43.5 Å². The zero-order valence-corrected chi connectivity index (χ0v) is 14.8. The van der Waals surface area contributed by atoms with Crippen LogP contribution in [0.4, 0.5) is 0 Å². The molecule has 0 saturated carbocycles. The van der Waals surface area contributed by atoms with E-state index in [1.165, 1.54) is 20.2 Å². The van der Waals surface area contributed by atoms with Gasteiger partial charge in [-0.2, -0.15) is 4.31 Å². The van der Waals surface area contributed by atoms with Crippen molar-refractivity contribution in [3.05, 3.63) is 27.2 Å². The summed E-state index contributed by atoms with van der Waals surface area (Å²) in [6, 6.07) is 1.92. The molecule has 0 bridgehead atoms. The van der Waals surface area contributed by atoms with E-state index in [2.05, 4.69) is 15.9 Å². The third kappa shape index (κ3) is 3.95. The van der Waals surface area contributed by atoms with E-state index >= 15 is 0 Å². The van der Waals surface area contributed by atoms with Crippen LogP contribution in [0.1, 0.15) is 17.3 Å². The molecular formula is C12H15BrClNO5S. The van der Waals surface area contributed by atoms with E-state index in [0.29, 0.717) is 0 Å². The van der Waals surface area contributed by atoms with Crippen LogP contribution in [0.15, 0.2) is 21.5 Å². The Bertz CT molecular complexity index is 649. The monoisotopic (exact) mass is 399 g/mol. The molecule has 0 spiro atoms. The van der Waals surface area contributed by atoms with Crippen molar-refractivity contribution in [1.82, 2.24) is 4.31 Å². The molecule has 0 amide bonds. The number of ether oxygens (including phenoxy) is 1. The first-order chi connectivity index (χ1) is 9.62. The van der Waals surface area contributed by atoms with Crippen LogP contribution in [0.2, 0.25) is 5.02 Å². The molecule has 1 aromatic carbocycles. The van der Waals surface area contributed by atoms with E-state index in [1.807, 2.05) is 0 Å². The van der Waals surface area contributed by atoms with Crippen LogP contribution in [-0.2, 0) is 14.8 Å². The average Bonchev–Trinajstić information content (AvgIpc) is 2.40. The van der Waals surface area contributed by atoms with Crippen LogP contribution in [0.3, 0.4) is 0 Å². The van der Waals surface area contributed by atoms with Crippen molar-refractivity contribution in [2.24, 2.45) is 0 Å². The van der Waals surface area contributed by atoms with Gasteiger partial charge in [0, 0.05) is 24.7 Å². The Morgan fingerprint density at radius 1 is 1.52 bits per heavy atom. The Kier molecular flexibility index (Phi) is 6.18. The summed E-state index contributed by atoms with van der Waals surface area (Å²) in [4.78, 5) is 11.0. The highest BCUT2D eigenvalue weighted by atomic mass is 79.9. The maximum atomic E-state index is 12.5. The predicted octanol–water partition coefficient (Wildman–Crippen LogP) is 2.46. The molecule has 0 aliphatic heterocycles. The number of benzene rings is 1. The van der Waals surface area contributed by atoms with Gasteiger partial charge in [-0.1, -0.05) is 11.6 Å². The number of hydrogen-bond acceptors (Lipinski definition) is 4. The summed E-state index contributed by atoms with van der Waals surface area (Å²) in [7, 11) is -0.979. The number of carboxylic acid groups (broad SMARTS) is 1. The second kappa shape index (κ2) is 7.06. The van der Waals surface area contributed by atoms with Gasteiger partial charge in [0.05, 0.1) is 22.1 Å². The highest BCUT2D eigenvalue weighted by Gasteiger charge is 2.27. The fraction of sp³-hybridized carbons (Fsp3) is 0.417. The number of carbonyl (C=O) groups is 1. The van der Waals surface area contributed by atoms with E-state index < -0.39 is 22.0 Å². The van der Waals surface area contributed by atoms with Gasteiger partial charge in [-0.05, 0) is 35.0 Å². The third-order valence-corrected chi connectivity index (χ3v) is 6.15. The van der Waals surface area contributed by atoms with Crippen molar-refractivity contribution in [3.8, 4) is 0 Å². The number of aromatic carboxylic acids is 1. The number of nitrogens with zero attached hydrogens (tertiary/aromatic N) is 1. The molecule has 0 aliphatic rings. The first-order valence-electron chi connectivity index (χ1n) is 5.82. The van der Waals surface area contributed by atoms with Crippen LogP contribution in [-0.4, -0.2) is 50.6 Å². The summed E-state index contributed by atoms with van der Waals surface area (Å²) in [6.45, 7) is 1.90. The molecule has 0 radical (unpaired) electrons. The number of hydrogen-bond donors (Lipinski definition) is 1. The van der Waals surface area contributed by atoms with Crippen LogP contribution in [0.5, 0.6) is 0 Å². The van der Waals surface area contributed by atoms with Crippen molar-refractivity contribution < 1.29 is 23.1 Å². The van der Waals surface area contributed by atoms with Gasteiger partial charge in [0.15, 0.2) is 0 Å². The minimum Gasteiger partial charge on any atom is -0.478 e. The number of sulfonamides is 1. The lowest BCUT2D eigenvalue weighted by Gasteiger charge is -2.24. The molecular weight excluding hydrogens is 386 g/mol. The summed E-state index contributed by atoms with van der Waals surface area (Å²) in [5.74, 6) is -1.30. The highest BCUT2D eigenvalue weighted by molar-refractivity contribution is 9.10. The summed E-state index contributed by atoms with van der Waals surface area (Å²) < 4.78 is 31.3. The summed E-state index contributed by atoms with van der Waals surface area (Å²) in [6.07, 6.45) is 0. The summed E-state index contributed by atoms with van der Waals surface area (Å²) in [5.41, 5.74) is -0.280. The van der Waals surface area contributed by atoms with Crippen molar-refractivity contribution in [3.63, 3.8) is 0 Å². The zero-order valence-electron chi connectivity index (χ0n) is 11.6. The Morgan fingerprint density at radius 3 is 2.57 bits per heavy atom. The Hall–Kier alpha value is -0.670. The fourth-order valence-corrected chi connectivity index (χ4v) is 3.82. The smallest absolute Gasteiger partial charge is 0.337 e. The van der Waals surface area contributed by atoms with Gasteiger partial charge in [0.1, 0.15) is 0 Å². The molecule has 0 saturated heterocycles. The predicted molar refractivity (Wildman–Crippen MR) is 82.4 cm³/mol. The second-order valence-corrected chi connectivity index (χ2v) is 7.63. The lowest BCUT2D eigenvalue weighted by Crippen LogP contribution is -2.37. The van der Waals surface area contributed by atoms with Crippen LogP contribution >= 0.6 is 27.5 Å². The SMILES string of the molecule is COCC(C)N(C)S(=O)(=O)c1cc(Br)c(Cl)c(C(=O)O)c1. The molecule has 118 valence electrons. The number of rotatable bonds is 6. The number of methoxy groups -OCH3 is 1. The molecule has 1 unspecified atom stereocenters. The van der Waals surface area contributed by atoms with E-state index in [-0.39, 0.29) is 26.6 Å². The van der Waals surface area contributed by atoms with Crippen LogP contribution in [0, 0.1) is 0 Å². The van der Waals surface area contributed by atoms with Crippen LogP contribution in [0.25, 0.3) is 0 Å². The zero-order chi connectivity index (χ0) is 16.4. The summed E-state index contributed by atoms with van der Waals surface area (Å²) in [5, 5.41) is 9.03. The number of carboxylic acids is 1. The van der Waals surface area contributed by atoms with Crippen LogP contribution < -0.4 is 0 Å². The number of halogens is 2. The minimum absolute atomic E-state index is 0.0472. The molecule has 0 aromatic heterocycles. The lowest BCUT2D eigenvalue weighted by atomic mass is 10.2. The van der Waals surface area contributed by atoms with Gasteiger partial charge in [-0.15, -0.1) is 0 Å². The molecule has 21 heavy (non-hydrogen) atoms. The van der Waals surface area contributed by atoms with Crippen molar-refractivity contribution in [2.45, 2.75) is 17.9 Å². The fourth-order valence-electron chi connectivity index (χ4n) is 1.62. The van der Waals surface area contributed by atoms with Gasteiger partial charge >= 0.3 is 5.97 Å². The lowest BCUT2D eigenvalue weighted by molar-refractivity contribution is 0.0696. The van der Waals surface area contributed by atoms with Crippen molar-refractivity contribution in [1.29, 1.82) is 0 Å². The average molecular weight is 401 g/mol. The molecule has 6 nitrogen and oxygen atoms in total. The Balaban J connectivity index is 3.36. The highest BCUT2D eigenvalue weighted by Crippen LogP contribution is 2.31. The maximum Gasteiger partial charge on any atom is 0.337 e. The number of likely N-dealkylation sites (N-methyl/N-ethyl adjacent to an activating group) is 1. The summed E-state index contributed by atoms with van der Waals surface area (Å²) >= 11 is 8.92. The van der Waals surface area contributed by atoms with Gasteiger partial charge in [0.2, 0.25) is 10.0 Å². The first-order valence-corrected chi connectivity index (χ1v) is 8.43. The molecule has 1 N–H and O–H groups in total. The van der Waals surface area contributed by atoms with Gasteiger partial charge in [-0.3, -0.25) is 0 Å². The van der Waals surface area contributed by atoms with Gasteiger partial charge in [-0.25, -0.2) is 13.2 Å². The molecule has 0 aliphatic carbocycles. The molecule has 1 rings (SSSR count). The second-order valence-electron chi connectivity index (χ2n) is 4.40. The topological polar surface area (TPSA) is 83.9 Å². The molecule has 1 atom stereocenters. The molecule has 0 fully saturated rings. The standard InChI is InChI=1S/C12H15BrClNO5S/c1-7(6-20-3)15(2)21(18,19)8-4-9(12(16)17)11(14)10(13)5-8/h4-5,7H,6H2,1-3H3,(H,16,17). The van der Waals surface area contributed by atoms with Gasteiger partial charge < -0.3 is 9.84 Å². The molecule has 1 aromatic rings. The largest absolute Gasteiger partial charge is 0.478 e. The van der Waals surface area contributed by atoms with Crippen molar-refractivity contribution in [2.75, 3.05) is 20.8 Å². The molecule has 0 heterocycles. The Labute approximate surface area is 136 Å². The van der Waals surface area contributed by atoms with E-state index in [0.717, 1.165) is 10.4 Å². The van der Waals surface area contributed by atoms with E-state index in [4.69, 9.17) is 21.4 Å². The minimum atomic E-state index is -3.85. The quantitative estimate of drug-likeness (QED) is 0.793. The van der Waals surface area contributed by atoms with E-state index in [9.17, 15) is 13.2 Å². The first kappa shape index (κ1) is 18.4. The van der Waals surface area contributed by atoms with Gasteiger partial charge in [0.25, 0.3) is 0 Å². The normalized spacial score (nSPS) is 13.4. The third-order valence-electron chi connectivity index (χ3n) is 2.94. The molecule has 9 heteroatoms. The Morgan fingerprint density at radius 2 is 2.10 bits per heavy atom. The van der Waals surface area contributed by atoms with E-state index in [1.54, 1.807) is 6.92 Å².